The van der Waals surface area contributed by atoms with E-state index in [2.05, 4.69) is 27.8 Å². The molecule has 0 bridgehead atoms. The van der Waals surface area contributed by atoms with E-state index in [0.717, 1.165) is 6.54 Å². The molecule has 84 valence electrons. The molecule has 0 spiro atoms. The SMILES string of the molecule is NC(=NCc1cccs1)NCc1cccs1. The van der Waals surface area contributed by atoms with E-state index < -0.39 is 0 Å². The van der Waals surface area contributed by atoms with E-state index in [1.165, 1.54) is 9.75 Å². The number of nitrogens with two attached hydrogens (primary N) is 1. The fourth-order valence-corrected chi connectivity index (χ4v) is 2.49. The molecule has 0 aliphatic carbocycles. The zero-order valence-electron chi connectivity index (χ0n) is 8.72. The summed E-state index contributed by atoms with van der Waals surface area (Å²) >= 11 is 3.40. The van der Waals surface area contributed by atoms with Crippen LogP contribution in [-0.2, 0) is 13.1 Å². The van der Waals surface area contributed by atoms with Gasteiger partial charge in [-0.05, 0) is 22.9 Å². The van der Waals surface area contributed by atoms with Crippen LogP contribution in [0.1, 0.15) is 9.75 Å². The van der Waals surface area contributed by atoms with Crippen molar-refractivity contribution in [1.29, 1.82) is 0 Å². The smallest absolute Gasteiger partial charge is 0.189 e. The summed E-state index contributed by atoms with van der Waals surface area (Å²) < 4.78 is 0. The first-order valence-corrected chi connectivity index (χ1v) is 6.69. The summed E-state index contributed by atoms with van der Waals surface area (Å²) in [4.78, 5) is 6.75. The number of thiophene rings is 2. The topological polar surface area (TPSA) is 50.4 Å². The fourth-order valence-electron chi connectivity index (χ4n) is 1.21. The van der Waals surface area contributed by atoms with Gasteiger partial charge in [-0.2, -0.15) is 0 Å². The molecule has 0 atom stereocenters. The van der Waals surface area contributed by atoms with Crippen molar-refractivity contribution in [1.82, 2.24) is 5.32 Å². The van der Waals surface area contributed by atoms with Gasteiger partial charge in [0.2, 0.25) is 0 Å². The first-order valence-electron chi connectivity index (χ1n) is 4.93. The second-order valence-electron chi connectivity index (χ2n) is 3.21. The molecule has 2 aromatic heterocycles. The highest BCUT2D eigenvalue weighted by Gasteiger charge is 1.95. The van der Waals surface area contributed by atoms with Gasteiger partial charge in [-0.15, -0.1) is 22.7 Å². The Morgan fingerprint density at radius 3 is 2.50 bits per heavy atom. The molecule has 0 saturated carbocycles. The highest BCUT2D eigenvalue weighted by Crippen LogP contribution is 2.09. The van der Waals surface area contributed by atoms with E-state index in [0.29, 0.717) is 12.5 Å². The van der Waals surface area contributed by atoms with Gasteiger partial charge in [0.25, 0.3) is 0 Å². The Balaban J connectivity index is 1.79. The van der Waals surface area contributed by atoms with E-state index >= 15 is 0 Å². The molecule has 2 rings (SSSR count). The van der Waals surface area contributed by atoms with Gasteiger partial charge in [0.05, 0.1) is 13.1 Å². The minimum absolute atomic E-state index is 0.502. The lowest BCUT2D eigenvalue weighted by Gasteiger charge is -2.02. The van der Waals surface area contributed by atoms with Crippen LogP contribution in [0.15, 0.2) is 40.0 Å². The first-order chi connectivity index (χ1) is 7.84. The average Bonchev–Trinajstić information content (AvgIpc) is 2.96. The molecule has 3 nitrogen and oxygen atoms in total. The zero-order valence-corrected chi connectivity index (χ0v) is 10.4. The van der Waals surface area contributed by atoms with Gasteiger partial charge in [0, 0.05) is 9.75 Å². The Morgan fingerprint density at radius 2 is 1.88 bits per heavy atom. The Morgan fingerprint density at radius 1 is 1.19 bits per heavy atom. The second kappa shape index (κ2) is 5.67. The maximum absolute atomic E-state index is 5.76. The molecule has 2 aromatic rings. The lowest BCUT2D eigenvalue weighted by Crippen LogP contribution is -2.30. The van der Waals surface area contributed by atoms with Crippen LogP contribution in [0.5, 0.6) is 0 Å². The number of guanidine groups is 1. The van der Waals surface area contributed by atoms with Gasteiger partial charge in [-0.3, -0.25) is 0 Å². The van der Waals surface area contributed by atoms with Crippen LogP contribution in [0.25, 0.3) is 0 Å². The molecule has 0 saturated heterocycles. The third-order valence-corrected chi connectivity index (χ3v) is 3.75. The average molecular weight is 251 g/mol. The number of hydrogen-bond donors (Lipinski definition) is 2. The Kier molecular flexibility index (Phi) is 3.96. The summed E-state index contributed by atoms with van der Waals surface area (Å²) in [5.74, 6) is 0.502. The summed E-state index contributed by atoms with van der Waals surface area (Å²) in [6, 6.07) is 8.18. The van der Waals surface area contributed by atoms with E-state index in [9.17, 15) is 0 Å². The summed E-state index contributed by atoms with van der Waals surface area (Å²) in [5, 5.41) is 7.18. The summed E-state index contributed by atoms with van der Waals surface area (Å²) in [7, 11) is 0. The van der Waals surface area contributed by atoms with Crippen molar-refractivity contribution in [2.75, 3.05) is 0 Å². The van der Waals surface area contributed by atoms with Gasteiger partial charge in [0.1, 0.15) is 0 Å². The van der Waals surface area contributed by atoms with E-state index in [-0.39, 0.29) is 0 Å². The third kappa shape index (κ3) is 3.36. The maximum atomic E-state index is 5.76. The second-order valence-corrected chi connectivity index (χ2v) is 5.28. The molecule has 2 heterocycles. The lowest BCUT2D eigenvalue weighted by molar-refractivity contribution is 0.902. The molecular weight excluding hydrogens is 238 g/mol. The van der Waals surface area contributed by atoms with Crippen molar-refractivity contribution in [3.05, 3.63) is 44.8 Å². The number of rotatable bonds is 4. The van der Waals surface area contributed by atoms with Crippen molar-refractivity contribution >= 4 is 28.6 Å². The molecule has 0 aliphatic rings. The predicted molar refractivity (Wildman–Crippen MR) is 70.8 cm³/mol. The van der Waals surface area contributed by atoms with Crippen molar-refractivity contribution < 1.29 is 0 Å². The maximum Gasteiger partial charge on any atom is 0.189 e. The quantitative estimate of drug-likeness (QED) is 0.647. The fraction of sp³-hybridized carbons (Fsp3) is 0.182. The van der Waals surface area contributed by atoms with Crippen molar-refractivity contribution in [2.24, 2.45) is 10.7 Å². The van der Waals surface area contributed by atoms with Crippen molar-refractivity contribution in [2.45, 2.75) is 13.1 Å². The van der Waals surface area contributed by atoms with Gasteiger partial charge in [0.15, 0.2) is 5.96 Å². The molecule has 0 aliphatic heterocycles. The molecular formula is C11H13N3S2. The molecule has 16 heavy (non-hydrogen) atoms. The third-order valence-electron chi connectivity index (χ3n) is 2.01. The van der Waals surface area contributed by atoms with Gasteiger partial charge in [-0.1, -0.05) is 12.1 Å². The lowest BCUT2D eigenvalue weighted by atomic mass is 10.4. The molecule has 3 N–H and O–H groups in total. The number of aliphatic imine (C=N–C) groups is 1. The van der Waals surface area contributed by atoms with Crippen LogP contribution in [0.3, 0.4) is 0 Å². The Labute approximate surface area is 103 Å². The molecule has 0 radical (unpaired) electrons. The Bertz CT molecular complexity index is 432. The van der Waals surface area contributed by atoms with Crippen LogP contribution in [0, 0.1) is 0 Å². The van der Waals surface area contributed by atoms with Gasteiger partial charge in [-0.25, -0.2) is 4.99 Å². The zero-order chi connectivity index (χ0) is 11.2. The molecule has 0 amide bonds. The highest BCUT2D eigenvalue weighted by molar-refractivity contribution is 7.10. The van der Waals surface area contributed by atoms with Crippen LogP contribution in [0.4, 0.5) is 0 Å². The number of hydrogen-bond acceptors (Lipinski definition) is 3. The standard InChI is InChI=1S/C11H13N3S2/c12-11(13-7-9-3-1-5-15-9)14-8-10-4-2-6-16-10/h1-6H,7-8H2,(H3,12,13,14). The molecule has 0 aromatic carbocycles. The minimum atomic E-state index is 0.502. The van der Waals surface area contributed by atoms with Crippen molar-refractivity contribution in [3.8, 4) is 0 Å². The minimum Gasteiger partial charge on any atom is -0.370 e. The summed E-state index contributed by atoms with van der Waals surface area (Å²) in [5.41, 5.74) is 5.76. The highest BCUT2D eigenvalue weighted by atomic mass is 32.1. The van der Waals surface area contributed by atoms with E-state index in [1.54, 1.807) is 22.7 Å². The largest absolute Gasteiger partial charge is 0.370 e. The van der Waals surface area contributed by atoms with E-state index in [4.69, 9.17) is 5.73 Å². The molecule has 5 heteroatoms. The normalized spacial score (nSPS) is 11.6. The van der Waals surface area contributed by atoms with Crippen molar-refractivity contribution in [3.63, 3.8) is 0 Å². The summed E-state index contributed by atoms with van der Waals surface area (Å²) in [6.45, 7) is 1.40. The Hall–Kier alpha value is -1.33. The van der Waals surface area contributed by atoms with Crippen LogP contribution >= 0.6 is 22.7 Å². The predicted octanol–water partition coefficient (Wildman–Crippen LogP) is 2.41. The number of nitrogens with one attached hydrogen (secondary N) is 1. The molecule has 0 fully saturated rings. The number of nitrogens with zero attached hydrogens (tertiary/aromatic N) is 1. The molecule has 0 unspecified atom stereocenters. The van der Waals surface area contributed by atoms with Crippen LogP contribution in [-0.4, -0.2) is 5.96 Å². The van der Waals surface area contributed by atoms with Gasteiger partial charge >= 0.3 is 0 Å². The van der Waals surface area contributed by atoms with Crippen LogP contribution < -0.4 is 11.1 Å². The van der Waals surface area contributed by atoms with E-state index in [1.807, 2.05) is 17.5 Å². The van der Waals surface area contributed by atoms with Gasteiger partial charge < -0.3 is 11.1 Å². The monoisotopic (exact) mass is 251 g/mol. The van der Waals surface area contributed by atoms with Crippen LogP contribution in [0.2, 0.25) is 0 Å². The first kappa shape index (κ1) is 11.2. The summed E-state index contributed by atoms with van der Waals surface area (Å²) in [6.07, 6.45) is 0.